The number of halogens is 3. The van der Waals surface area contributed by atoms with Gasteiger partial charge in [0.1, 0.15) is 39.4 Å². The monoisotopic (exact) mass is 512 g/mol. The summed E-state index contributed by atoms with van der Waals surface area (Å²) < 4.78 is 25.5. The summed E-state index contributed by atoms with van der Waals surface area (Å²) >= 11 is 3.02. The molecule has 164 valence electrons. The Morgan fingerprint density at radius 3 is 1.70 bits per heavy atom. The van der Waals surface area contributed by atoms with Gasteiger partial charge in [-0.15, -0.1) is 17.5 Å². The normalized spacial score (nSPS) is 9.87. The zero-order chi connectivity index (χ0) is 22.8. The van der Waals surface area contributed by atoms with Crippen molar-refractivity contribution in [2.24, 2.45) is 0 Å². The quantitative estimate of drug-likeness (QED) is 0.348. The lowest BCUT2D eigenvalue weighted by Crippen LogP contribution is -2.16. The highest BCUT2D eigenvalue weighted by Crippen LogP contribution is 2.16. The SMILES string of the molecule is C.C#C[Si](C)(C)C.C[Si](C)(C)C#Cc1cc(F)cnc1N.Nc1ncc(F)cc1Br. The summed E-state index contributed by atoms with van der Waals surface area (Å²) in [6, 6.07) is 2.58. The van der Waals surface area contributed by atoms with E-state index in [2.05, 4.69) is 82.2 Å². The van der Waals surface area contributed by atoms with Gasteiger partial charge in [-0.2, -0.15) is 0 Å². The first kappa shape index (κ1) is 30.0. The maximum atomic E-state index is 12.8. The van der Waals surface area contributed by atoms with Gasteiger partial charge in [-0.25, -0.2) is 18.7 Å². The molecule has 0 aromatic carbocycles. The summed E-state index contributed by atoms with van der Waals surface area (Å²) in [5.41, 5.74) is 17.1. The average molecular weight is 514 g/mol. The van der Waals surface area contributed by atoms with Gasteiger partial charge in [0.05, 0.1) is 22.4 Å². The molecular formula is C21H31BrF2N4Si2. The van der Waals surface area contributed by atoms with Crippen molar-refractivity contribution < 1.29 is 8.78 Å². The molecule has 9 heteroatoms. The minimum Gasteiger partial charge on any atom is -0.383 e. The molecule has 2 aromatic rings. The molecule has 0 aliphatic rings. The van der Waals surface area contributed by atoms with E-state index in [0.29, 0.717) is 15.9 Å². The standard InChI is InChI=1S/C10H13FN2Si.C5H4BrFN2.C5H10Si.CH4/c1-14(2,3)5-4-8-6-9(11)7-13-10(8)12;6-4-1-3(7)2-9-5(4)8;1-5-6(2,3)4;/h6-7H,1-3H3,(H2,12,13);1-2H,(H2,8,9);1H,2-4H3;1H4. The van der Waals surface area contributed by atoms with Crippen molar-refractivity contribution in [1.29, 1.82) is 0 Å². The van der Waals surface area contributed by atoms with Crippen LogP contribution < -0.4 is 11.5 Å². The Hall–Kier alpha value is -2.21. The van der Waals surface area contributed by atoms with Gasteiger partial charge in [-0.3, -0.25) is 0 Å². The highest BCUT2D eigenvalue weighted by molar-refractivity contribution is 9.10. The third kappa shape index (κ3) is 14.7. The molecule has 0 amide bonds. The summed E-state index contributed by atoms with van der Waals surface area (Å²) in [5, 5.41) is 0. The molecule has 4 nitrogen and oxygen atoms in total. The summed E-state index contributed by atoms with van der Waals surface area (Å²) in [6.07, 6.45) is 7.28. The van der Waals surface area contributed by atoms with Crippen molar-refractivity contribution in [3.63, 3.8) is 0 Å². The molecule has 0 unspecified atom stereocenters. The van der Waals surface area contributed by atoms with E-state index in [0.717, 1.165) is 12.4 Å². The van der Waals surface area contributed by atoms with E-state index in [4.69, 9.17) is 17.9 Å². The van der Waals surface area contributed by atoms with Gasteiger partial charge < -0.3 is 11.5 Å². The molecule has 0 fully saturated rings. The van der Waals surface area contributed by atoms with Crippen molar-refractivity contribution in [1.82, 2.24) is 9.97 Å². The molecular weight excluding hydrogens is 482 g/mol. The number of aromatic nitrogens is 2. The summed E-state index contributed by atoms with van der Waals surface area (Å²) in [5.74, 6) is 2.67. The first-order valence-electron chi connectivity index (χ1n) is 8.63. The van der Waals surface area contributed by atoms with Gasteiger partial charge in [0.25, 0.3) is 0 Å². The molecule has 0 atom stereocenters. The minimum absolute atomic E-state index is 0. The predicted molar refractivity (Wildman–Crippen MR) is 134 cm³/mol. The lowest BCUT2D eigenvalue weighted by Gasteiger charge is -2.03. The number of pyridine rings is 2. The molecule has 0 bridgehead atoms. The van der Waals surface area contributed by atoms with Crippen LogP contribution >= 0.6 is 15.9 Å². The summed E-state index contributed by atoms with van der Waals surface area (Å²) in [6.45, 7) is 12.8. The Kier molecular flexibility index (Phi) is 13.2. The van der Waals surface area contributed by atoms with Crippen molar-refractivity contribution in [3.05, 3.63) is 46.2 Å². The fourth-order valence-electron chi connectivity index (χ4n) is 1.23. The van der Waals surface area contributed by atoms with Gasteiger partial charge in [-0.1, -0.05) is 52.6 Å². The molecule has 0 aliphatic carbocycles. The van der Waals surface area contributed by atoms with E-state index < -0.39 is 27.8 Å². The van der Waals surface area contributed by atoms with Crippen LogP contribution in [-0.2, 0) is 0 Å². The molecule has 0 aliphatic heterocycles. The first-order valence-corrected chi connectivity index (χ1v) is 16.4. The van der Waals surface area contributed by atoms with Gasteiger partial charge in [0, 0.05) is 0 Å². The van der Waals surface area contributed by atoms with Crippen LogP contribution in [0, 0.1) is 35.1 Å². The van der Waals surface area contributed by atoms with Crippen molar-refractivity contribution >= 4 is 43.7 Å². The Labute approximate surface area is 190 Å². The van der Waals surface area contributed by atoms with Crippen LogP contribution in [0.5, 0.6) is 0 Å². The van der Waals surface area contributed by atoms with E-state index in [1.165, 1.54) is 12.1 Å². The highest BCUT2D eigenvalue weighted by Gasteiger charge is 2.08. The largest absolute Gasteiger partial charge is 0.383 e. The van der Waals surface area contributed by atoms with E-state index in [1.807, 2.05) is 0 Å². The molecule has 2 rings (SSSR count). The van der Waals surface area contributed by atoms with Gasteiger partial charge >= 0.3 is 0 Å². The minimum atomic E-state index is -1.45. The third-order valence-electron chi connectivity index (χ3n) is 2.73. The maximum absolute atomic E-state index is 12.8. The molecule has 0 saturated heterocycles. The van der Waals surface area contributed by atoms with Crippen LogP contribution in [0.2, 0.25) is 39.3 Å². The number of hydrogen-bond donors (Lipinski definition) is 2. The number of nitrogens with two attached hydrogens (primary N) is 2. The van der Waals surface area contributed by atoms with Crippen molar-refractivity contribution in [2.45, 2.75) is 46.7 Å². The highest BCUT2D eigenvalue weighted by atomic mass is 79.9. The fourth-order valence-corrected chi connectivity index (χ4v) is 2.06. The van der Waals surface area contributed by atoms with Gasteiger partial charge in [-0.05, 0) is 28.1 Å². The summed E-state index contributed by atoms with van der Waals surface area (Å²) in [7, 11) is -2.55. The summed E-state index contributed by atoms with van der Waals surface area (Å²) in [4.78, 5) is 7.23. The molecule has 2 aromatic heterocycles. The number of hydrogen-bond acceptors (Lipinski definition) is 4. The second-order valence-electron chi connectivity index (χ2n) is 8.00. The number of terminal acetylenes is 1. The lowest BCUT2D eigenvalue weighted by molar-refractivity contribution is 0.620. The van der Waals surface area contributed by atoms with Crippen LogP contribution in [-0.4, -0.2) is 26.1 Å². The number of anilines is 2. The first-order chi connectivity index (χ1) is 13.1. The Bertz CT molecular complexity index is 922. The van der Waals surface area contributed by atoms with Gasteiger partial charge in [0.15, 0.2) is 0 Å². The van der Waals surface area contributed by atoms with Gasteiger partial charge in [0.2, 0.25) is 0 Å². The van der Waals surface area contributed by atoms with E-state index >= 15 is 0 Å². The second-order valence-corrected chi connectivity index (χ2v) is 18.4. The average Bonchev–Trinajstić information content (AvgIpc) is 2.59. The zero-order valence-corrected chi connectivity index (χ0v) is 21.2. The third-order valence-corrected chi connectivity index (χ3v) is 5.10. The maximum Gasteiger partial charge on any atom is 0.142 e. The number of nitrogen functional groups attached to an aromatic ring is 2. The molecule has 30 heavy (non-hydrogen) atoms. The zero-order valence-electron chi connectivity index (χ0n) is 17.6. The number of nitrogens with zero attached hydrogens (tertiary/aromatic N) is 2. The molecule has 4 N–H and O–H groups in total. The van der Waals surface area contributed by atoms with Crippen LogP contribution in [0.3, 0.4) is 0 Å². The van der Waals surface area contributed by atoms with Crippen molar-refractivity contribution in [3.8, 4) is 23.4 Å². The molecule has 0 spiro atoms. The van der Waals surface area contributed by atoms with Crippen LogP contribution in [0.4, 0.5) is 20.4 Å². The predicted octanol–water partition coefficient (Wildman–Crippen LogP) is 5.73. The van der Waals surface area contributed by atoms with E-state index in [-0.39, 0.29) is 13.2 Å². The molecule has 2 heterocycles. The Morgan fingerprint density at radius 2 is 1.33 bits per heavy atom. The van der Waals surface area contributed by atoms with E-state index in [9.17, 15) is 8.78 Å². The van der Waals surface area contributed by atoms with Crippen LogP contribution in [0.15, 0.2) is 29.0 Å². The molecule has 0 radical (unpaired) electrons. The Morgan fingerprint density at radius 1 is 0.900 bits per heavy atom. The fraction of sp³-hybridized carbons (Fsp3) is 0.333. The van der Waals surface area contributed by atoms with Crippen molar-refractivity contribution in [2.75, 3.05) is 11.5 Å². The second kappa shape index (κ2) is 13.2. The number of rotatable bonds is 0. The topological polar surface area (TPSA) is 77.8 Å². The Balaban J connectivity index is 0. The van der Waals surface area contributed by atoms with Crippen LogP contribution in [0.25, 0.3) is 0 Å². The van der Waals surface area contributed by atoms with E-state index in [1.54, 1.807) is 0 Å². The molecule has 0 saturated carbocycles. The lowest BCUT2D eigenvalue weighted by atomic mass is 10.3. The smallest absolute Gasteiger partial charge is 0.142 e. The van der Waals surface area contributed by atoms with Crippen LogP contribution in [0.1, 0.15) is 13.0 Å².